The Balaban J connectivity index is 4.12. The Hall–Kier alpha value is -1.02. The second-order valence-electron chi connectivity index (χ2n) is 4.02. The van der Waals surface area contributed by atoms with Crippen LogP contribution in [0.3, 0.4) is 0 Å². The normalized spacial score (nSPS) is 16.4. The Labute approximate surface area is 100 Å². The molecule has 0 spiro atoms. The third-order valence-corrected chi connectivity index (χ3v) is 2.47. The molecule has 0 aromatic rings. The van der Waals surface area contributed by atoms with Crippen molar-refractivity contribution in [2.24, 2.45) is 0 Å². The minimum Gasteiger partial charge on any atom is -0.394 e. The molecule has 3 atom stereocenters. The van der Waals surface area contributed by atoms with E-state index in [1.807, 2.05) is 0 Å². The lowest BCUT2D eigenvalue weighted by Crippen LogP contribution is -2.47. The maximum atomic E-state index is 11.5. The number of hydrogen-bond donors (Lipinski definition) is 4. The number of carbonyl (C=O) groups is 2. The molecule has 0 bridgehead atoms. The first kappa shape index (κ1) is 16.0. The molecule has 7 heteroatoms. The lowest BCUT2D eigenvalue weighted by Gasteiger charge is -2.19. The van der Waals surface area contributed by atoms with Gasteiger partial charge in [0.05, 0.1) is 19.2 Å². The second kappa shape index (κ2) is 7.33. The molecule has 0 aromatic heterocycles. The summed E-state index contributed by atoms with van der Waals surface area (Å²) in [4.78, 5) is 24.4. The van der Waals surface area contributed by atoms with Crippen LogP contribution in [0, 0.1) is 0 Å². The Bertz CT molecular complexity index is 269. The molecule has 7 nitrogen and oxygen atoms in total. The standard InChI is InChI=1S/C10H20N2O5/c1-6(12(2)3)10(17)11-4-7(14)9(16)8(15)5-13/h6,8-9,13,15-16H,4-5H2,1-3H3,(H,11,17). The predicted octanol–water partition coefficient (Wildman–Crippen LogP) is -2.66. The first-order valence-corrected chi connectivity index (χ1v) is 5.25. The number of amides is 1. The molecule has 0 fully saturated rings. The van der Waals surface area contributed by atoms with Gasteiger partial charge in [0.1, 0.15) is 12.2 Å². The van der Waals surface area contributed by atoms with Crippen molar-refractivity contribution in [3.63, 3.8) is 0 Å². The number of aliphatic hydroxyl groups excluding tert-OH is 3. The number of Topliss-reactive ketones (excluding diaryl/α,β-unsaturated/α-hetero) is 1. The average Bonchev–Trinajstić information content (AvgIpc) is 2.32. The van der Waals surface area contributed by atoms with Crippen LogP contribution in [0.25, 0.3) is 0 Å². The van der Waals surface area contributed by atoms with Crippen LogP contribution >= 0.6 is 0 Å². The van der Waals surface area contributed by atoms with Crippen molar-refractivity contribution in [2.75, 3.05) is 27.2 Å². The van der Waals surface area contributed by atoms with Crippen molar-refractivity contribution in [3.05, 3.63) is 0 Å². The van der Waals surface area contributed by atoms with Crippen molar-refractivity contribution in [1.82, 2.24) is 10.2 Å². The summed E-state index contributed by atoms with van der Waals surface area (Å²) in [5.41, 5.74) is 0. The molecule has 17 heavy (non-hydrogen) atoms. The van der Waals surface area contributed by atoms with Gasteiger partial charge in [-0.3, -0.25) is 14.5 Å². The Morgan fingerprint density at radius 3 is 2.24 bits per heavy atom. The third kappa shape index (κ3) is 5.22. The molecule has 4 N–H and O–H groups in total. The van der Waals surface area contributed by atoms with E-state index < -0.39 is 30.6 Å². The molecule has 0 saturated carbocycles. The minimum atomic E-state index is -1.69. The van der Waals surface area contributed by atoms with Gasteiger partial charge >= 0.3 is 0 Å². The summed E-state index contributed by atoms with van der Waals surface area (Å²) < 4.78 is 0. The maximum Gasteiger partial charge on any atom is 0.237 e. The van der Waals surface area contributed by atoms with E-state index in [0.717, 1.165) is 0 Å². The number of likely N-dealkylation sites (N-methyl/N-ethyl adjacent to an activating group) is 1. The van der Waals surface area contributed by atoms with Crippen LogP contribution in [-0.2, 0) is 9.59 Å². The smallest absolute Gasteiger partial charge is 0.237 e. The number of nitrogens with one attached hydrogen (secondary N) is 1. The van der Waals surface area contributed by atoms with Crippen molar-refractivity contribution in [3.8, 4) is 0 Å². The number of carbonyl (C=O) groups excluding carboxylic acids is 2. The lowest BCUT2D eigenvalue weighted by molar-refractivity contribution is -0.136. The van der Waals surface area contributed by atoms with Crippen molar-refractivity contribution >= 4 is 11.7 Å². The summed E-state index contributed by atoms with van der Waals surface area (Å²) in [5, 5.41) is 29.1. The molecule has 0 saturated heterocycles. The first-order chi connectivity index (χ1) is 7.81. The Morgan fingerprint density at radius 1 is 1.29 bits per heavy atom. The van der Waals surface area contributed by atoms with Crippen LogP contribution in [0.2, 0.25) is 0 Å². The van der Waals surface area contributed by atoms with Crippen LogP contribution in [0.4, 0.5) is 0 Å². The van der Waals surface area contributed by atoms with Gasteiger partial charge in [-0.05, 0) is 21.0 Å². The molecule has 1 amide bonds. The van der Waals surface area contributed by atoms with Gasteiger partial charge in [-0.25, -0.2) is 0 Å². The lowest BCUT2D eigenvalue weighted by atomic mass is 10.1. The van der Waals surface area contributed by atoms with Gasteiger partial charge in [0.25, 0.3) is 0 Å². The maximum absolute atomic E-state index is 11.5. The van der Waals surface area contributed by atoms with E-state index in [1.54, 1.807) is 25.9 Å². The fourth-order valence-electron chi connectivity index (χ4n) is 0.975. The largest absolute Gasteiger partial charge is 0.394 e. The summed E-state index contributed by atoms with van der Waals surface area (Å²) in [6, 6.07) is -0.400. The van der Waals surface area contributed by atoms with E-state index in [4.69, 9.17) is 10.2 Å². The van der Waals surface area contributed by atoms with Gasteiger partial charge in [0.15, 0.2) is 5.78 Å². The Morgan fingerprint density at radius 2 is 1.82 bits per heavy atom. The van der Waals surface area contributed by atoms with Crippen LogP contribution in [-0.4, -0.2) is 77.4 Å². The zero-order chi connectivity index (χ0) is 13.6. The van der Waals surface area contributed by atoms with Crippen molar-refractivity contribution in [1.29, 1.82) is 0 Å². The zero-order valence-corrected chi connectivity index (χ0v) is 10.3. The molecule has 0 aromatic carbocycles. The van der Waals surface area contributed by atoms with Gasteiger partial charge in [-0.1, -0.05) is 0 Å². The molecule has 100 valence electrons. The van der Waals surface area contributed by atoms with Gasteiger partial charge in [0.2, 0.25) is 5.91 Å². The third-order valence-electron chi connectivity index (χ3n) is 2.47. The highest BCUT2D eigenvalue weighted by Gasteiger charge is 2.24. The van der Waals surface area contributed by atoms with Crippen LogP contribution in [0.15, 0.2) is 0 Å². The number of aliphatic hydroxyl groups is 3. The number of hydrogen-bond acceptors (Lipinski definition) is 6. The highest BCUT2D eigenvalue weighted by atomic mass is 16.4. The van der Waals surface area contributed by atoms with Crippen LogP contribution in [0.1, 0.15) is 6.92 Å². The predicted molar refractivity (Wildman–Crippen MR) is 60.3 cm³/mol. The number of ketones is 1. The van der Waals surface area contributed by atoms with E-state index >= 15 is 0 Å². The molecule has 0 aliphatic carbocycles. The van der Waals surface area contributed by atoms with E-state index in [0.29, 0.717) is 0 Å². The zero-order valence-electron chi connectivity index (χ0n) is 10.3. The quantitative estimate of drug-likeness (QED) is 0.391. The topological polar surface area (TPSA) is 110 Å². The SMILES string of the molecule is CC(C(=O)NCC(=O)C(O)C(O)CO)N(C)C. The van der Waals surface area contributed by atoms with Crippen LogP contribution in [0.5, 0.6) is 0 Å². The van der Waals surface area contributed by atoms with E-state index in [-0.39, 0.29) is 12.5 Å². The molecule has 0 heterocycles. The molecule has 0 rings (SSSR count). The molecular weight excluding hydrogens is 228 g/mol. The fourth-order valence-corrected chi connectivity index (χ4v) is 0.975. The summed E-state index contributed by atoms with van der Waals surface area (Å²) in [6.45, 7) is 0.572. The molecule has 0 radical (unpaired) electrons. The first-order valence-electron chi connectivity index (χ1n) is 5.25. The highest BCUT2D eigenvalue weighted by molar-refractivity contribution is 5.90. The number of rotatable bonds is 7. The number of nitrogens with zero attached hydrogens (tertiary/aromatic N) is 1. The molecular formula is C10H20N2O5. The monoisotopic (exact) mass is 248 g/mol. The molecule has 0 aliphatic heterocycles. The van der Waals surface area contributed by atoms with Gasteiger partial charge in [-0.15, -0.1) is 0 Å². The fraction of sp³-hybridized carbons (Fsp3) is 0.800. The summed E-state index contributed by atoms with van der Waals surface area (Å²) >= 11 is 0. The second-order valence-corrected chi connectivity index (χ2v) is 4.02. The summed E-state index contributed by atoms with van der Waals surface area (Å²) in [6.07, 6.45) is -3.21. The van der Waals surface area contributed by atoms with Crippen LogP contribution < -0.4 is 5.32 Å². The highest BCUT2D eigenvalue weighted by Crippen LogP contribution is 1.95. The van der Waals surface area contributed by atoms with E-state index in [2.05, 4.69) is 5.32 Å². The minimum absolute atomic E-state index is 0.353. The van der Waals surface area contributed by atoms with Gasteiger partial charge in [0, 0.05) is 0 Å². The summed E-state index contributed by atoms with van der Waals surface area (Å²) in [7, 11) is 3.44. The van der Waals surface area contributed by atoms with Gasteiger partial charge in [-0.2, -0.15) is 0 Å². The molecule has 3 unspecified atom stereocenters. The van der Waals surface area contributed by atoms with Crippen molar-refractivity contribution in [2.45, 2.75) is 25.2 Å². The Kier molecular flexibility index (Phi) is 6.89. The van der Waals surface area contributed by atoms with Crippen molar-refractivity contribution < 1.29 is 24.9 Å². The molecule has 0 aliphatic rings. The van der Waals surface area contributed by atoms with E-state index in [9.17, 15) is 14.7 Å². The average molecular weight is 248 g/mol. The van der Waals surface area contributed by atoms with Gasteiger partial charge < -0.3 is 20.6 Å². The van der Waals surface area contributed by atoms with E-state index in [1.165, 1.54) is 0 Å². The summed E-state index contributed by atoms with van der Waals surface area (Å²) in [5.74, 6) is -1.10.